The molecular formula is C5H10FO3P. The zero-order chi connectivity index (χ0) is 8.04. The van der Waals surface area contributed by atoms with E-state index in [0.29, 0.717) is 6.26 Å². The normalized spacial score (nSPS) is 17.1. The van der Waals surface area contributed by atoms with Crippen molar-refractivity contribution in [2.24, 2.45) is 0 Å². The van der Waals surface area contributed by atoms with Crippen molar-refractivity contribution in [1.29, 1.82) is 0 Å². The van der Waals surface area contributed by atoms with Crippen LogP contribution in [0, 0.1) is 0 Å². The van der Waals surface area contributed by atoms with Crippen LogP contribution in [0.4, 0.5) is 4.39 Å². The van der Waals surface area contributed by atoms with Gasteiger partial charge in [-0.15, -0.1) is 0 Å². The van der Waals surface area contributed by atoms with Crippen LogP contribution in [0.25, 0.3) is 0 Å². The molecule has 1 unspecified atom stereocenters. The third-order valence-corrected chi connectivity index (χ3v) is 1.90. The molecular weight excluding hydrogens is 158 g/mol. The van der Waals surface area contributed by atoms with E-state index >= 15 is 0 Å². The molecule has 0 aliphatic carbocycles. The highest BCUT2D eigenvalue weighted by Gasteiger charge is 2.13. The van der Waals surface area contributed by atoms with Crippen LogP contribution in [0.5, 0.6) is 0 Å². The van der Waals surface area contributed by atoms with E-state index in [-0.39, 0.29) is 12.9 Å². The second-order valence-electron chi connectivity index (χ2n) is 1.56. The molecule has 1 atom stereocenters. The van der Waals surface area contributed by atoms with Crippen molar-refractivity contribution in [1.82, 2.24) is 0 Å². The lowest BCUT2D eigenvalue weighted by Gasteiger charge is -2.09. The first-order valence-corrected chi connectivity index (χ1v) is 4.77. The molecule has 0 N–H and O–H groups in total. The summed E-state index contributed by atoms with van der Waals surface area (Å²) >= 11 is 0. The maximum atomic E-state index is 11.3. The van der Waals surface area contributed by atoms with Gasteiger partial charge in [-0.1, -0.05) is 0 Å². The number of hydrogen-bond acceptors (Lipinski definition) is 3. The van der Waals surface area contributed by atoms with E-state index in [4.69, 9.17) is 0 Å². The molecule has 10 heavy (non-hydrogen) atoms. The molecule has 0 rings (SSSR count). The van der Waals surface area contributed by atoms with Gasteiger partial charge in [0, 0.05) is 6.66 Å². The molecule has 0 bridgehead atoms. The minimum atomic E-state index is -3.04. The molecule has 0 aliphatic rings. The molecule has 0 fully saturated rings. The highest BCUT2D eigenvalue weighted by molar-refractivity contribution is 7.53. The Balaban J connectivity index is 3.75. The van der Waals surface area contributed by atoms with E-state index in [1.165, 1.54) is 6.66 Å². The average Bonchev–Trinajstić information content (AvgIpc) is 1.84. The van der Waals surface area contributed by atoms with Gasteiger partial charge in [0.25, 0.3) is 0 Å². The van der Waals surface area contributed by atoms with Gasteiger partial charge in [0.05, 0.1) is 6.61 Å². The van der Waals surface area contributed by atoms with Crippen LogP contribution in [0.1, 0.15) is 6.92 Å². The molecule has 60 valence electrons. The van der Waals surface area contributed by atoms with Gasteiger partial charge < -0.3 is 9.05 Å². The summed E-state index contributed by atoms with van der Waals surface area (Å²) < 4.78 is 31.2. The molecule has 5 heteroatoms. The topological polar surface area (TPSA) is 35.5 Å². The first-order valence-electron chi connectivity index (χ1n) is 2.78. The molecule has 0 heterocycles. The summed E-state index contributed by atoms with van der Waals surface area (Å²) in [5.41, 5.74) is 0. The Labute approximate surface area is 59.4 Å². The molecule has 0 aromatic rings. The van der Waals surface area contributed by atoms with E-state index in [1.54, 1.807) is 6.92 Å². The van der Waals surface area contributed by atoms with Crippen LogP contribution in [-0.4, -0.2) is 13.3 Å². The number of halogens is 1. The van der Waals surface area contributed by atoms with Gasteiger partial charge in [-0.25, -0.2) is 8.96 Å². The van der Waals surface area contributed by atoms with Gasteiger partial charge in [0.1, 0.15) is 12.6 Å². The van der Waals surface area contributed by atoms with Crippen molar-refractivity contribution >= 4 is 7.60 Å². The average molecular weight is 168 g/mol. The Bertz CT molecular complexity index is 157. The highest BCUT2D eigenvalue weighted by Crippen LogP contribution is 2.43. The molecule has 0 aliphatic heterocycles. The Morgan fingerprint density at radius 3 is 2.70 bits per heavy atom. The lowest BCUT2D eigenvalue weighted by atomic mass is 10.9. The van der Waals surface area contributed by atoms with Crippen LogP contribution < -0.4 is 0 Å². The Morgan fingerprint density at radius 2 is 2.30 bits per heavy atom. The lowest BCUT2D eigenvalue weighted by Crippen LogP contribution is -1.88. The number of hydrogen-bond donors (Lipinski definition) is 0. The van der Waals surface area contributed by atoms with Crippen molar-refractivity contribution in [3.05, 3.63) is 12.6 Å². The van der Waals surface area contributed by atoms with Crippen molar-refractivity contribution < 1.29 is 18.0 Å². The van der Waals surface area contributed by atoms with E-state index in [1.807, 2.05) is 0 Å². The summed E-state index contributed by atoms with van der Waals surface area (Å²) in [6, 6.07) is 0. The third kappa shape index (κ3) is 4.53. The molecule has 0 spiro atoms. The number of rotatable bonds is 4. The first kappa shape index (κ1) is 9.66. The van der Waals surface area contributed by atoms with Crippen LogP contribution in [0.15, 0.2) is 12.6 Å². The quantitative estimate of drug-likeness (QED) is 0.477. The molecule has 3 nitrogen and oxygen atoms in total. The van der Waals surface area contributed by atoms with Crippen LogP contribution in [-0.2, 0) is 13.6 Å². The zero-order valence-corrected chi connectivity index (χ0v) is 6.81. The summed E-state index contributed by atoms with van der Waals surface area (Å²) in [5, 5.41) is 0. The predicted molar refractivity (Wildman–Crippen MR) is 36.5 cm³/mol. The van der Waals surface area contributed by atoms with Gasteiger partial charge in [-0.05, 0) is 6.92 Å². The maximum absolute atomic E-state index is 11.3. The summed E-state index contributed by atoms with van der Waals surface area (Å²) in [6.07, 6.45) is 0.867. The standard InChI is InChI=1S/C5H10FO3P/c1-3-8-10(2,7)9-5-4-6/h4-5H,3H2,1-2H3. The van der Waals surface area contributed by atoms with E-state index in [2.05, 4.69) is 9.05 Å². The van der Waals surface area contributed by atoms with Crippen LogP contribution >= 0.6 is 7.60 Å². The molecule has 0 radical (unpaired) electrons. The Kier molecular flexibility index (Phi) is 4.32. The van der Waals surface area contributed by atoms with Gasteiger partial charge in [0.2, 0.25) is 0 Å². The first-order chi connectivity index (χ1) is 4.62. The van der Waals surface area contributed by atoms with Gasteiger partial charge in [0.15, 0.2) is 0 Å². The van der Waals surface area contributed by atoms with Gasteiger partial charge >= 0.3 is 7.60 Å². The summed E-state index contributed by atoms with van der Waals surface area (Å²) in [6.45, 7) is 3.24. The Morgan fingerprint density at radius 1 is 1.70 bits per heavy atom. The minimum Gasteiger partial charge on any atom is -0.430 e. The minimum absolute atomic E-state index is 0.162. The van der Waals surface area contributed by atoms with Crippen molar-refractivity contribution in [2.45, 2.75) is 6.92 Å². The van der Waals surface area contributed by atoms with Crippen molar-refractivity contribution in [2.75, 3.05) is 13.3 Å². The molecule has 0 aromatic heterocycles. The summed E-state index contributed by atoms with van der Waals surface area (Å²) in [5.74, 6) is 0. The Hall–Kier alpha value is -0.340. The molecule has 0 saturated heterocycles. The van der Waals surface area contributed by atoms with Gasteiger partial charge in [-0.3, -0.25) is 0 Å². The van der Waals surface area contributed by atoms with E-state index in [9.17, 15) is 8.96 Å². The SMILES string of the molecule is CCOP(C)(=O)OC=CF. The molecule has 0 aromatic carbocycles. The maximum Gasteiger partial charge on any atom is 0.375 e. The van der Waals surface area contributed by atoms with E-state index < -0.39 is 7.60 Å². The smallest absolute Gasteiger partial charge is 0.375 e. The fourth-order valence-electron chi connectivity index (χ4n) is 0.398. The fraction of sp³-hybridized carbons (Fsp3) is 0.600. The second kappa shape index (κ2) is 4.47. The third-order valence-electron chi connectivity index (χ3n) is 0.667. The molecule has 0 saturated carbocycles. The monoisotopic (exact) mass is 168 g/mol. The van der Waals surface area contributed by atoms with Crippen molar-refractivity contribution in [3.8, 4) is 0 Å². The lowest BCUT2D eigenvalue weighted by molar-refractivity contribution is 0.266. The van der Waals surface area contributed by atoms with Crippen LogP contribution in [0.3, 0.4) is 0 Å². The highest BCUT2D eigenvalue weighted by atomic mass is 31.2. The zero-order valence-electron chi connectivity index (χ0n) is 5.91. The summed E-state index contributed by atoms with van der Waals surface area (Å²) in [4.78, 5) is 0. The predicted octanol–water partition coefficient (Wildman–Crippen LogP) is 2.30. The van der Waals surface area contributed by atoms with E-state index in [0.717, 1.165) is 0 Å². The largest absolute Gasteiger partial charge is 0.430 e. The second-order valence-corrected chi connectivity index (χ2v) is 3.57. The van der Waals surface area contributed by atoms with Crippen LogP contribution in [0.2, 0.25) is 0 Å². The fourth-order valence-corrected chi connectivity index (χ4v) is 1.20. The van der Waals surface area contributed by atoms with Crippen molar-refractivity contribution in [3.63, 3.8) is 0 Å². The van der Waals surface area contributed by atoms with Gasteiger partial charge in [-0.2, -0.15) is 0 Å². The molecule has 0 amide bonds. The summed E-state index contributed by atoms with van der Waals surface area (Å²) in [7, 11) is -3.04.